The maximum absolute atomic E-state index is 12.1. The Hall–Kier alpha value is -1.05. The molecule has 0 aromatic heterocycles. The molecule has 0 unspecified atom stereocenters. The van der Waals surface area contributed by atoms with Crippen molar-refractivity contribution in [1.82, 2.24) is 0 Å². The first kappa shape index (κ1) is 21.3. The van der Waals surface area contributed by atoms with E-state index in [1.807, 2.05) is 52.8 Å². The normalized spacial score (nSPS) is 19.6. The monoisotopic (exact) mass is 382 g/mol. The Morgan fingerprint density at radius 2 is 1.62 bits per heavy atom. The van der Waals surface area contributed by atoms with E-state index in [2.05, 4.69) is 0 Å². The Morgan fingerprint density at radius 1 is 1.08 bits per heavy atom. The highest BCUT2D eigenvalue weighted by Gasteiger charge is 2.52. The van der Waals surface area contributed by atoms with Gasteiger partial charge >= 0.3 is 7.12 Å². The van der Waals surface area contributed by atoms with Gasteiger partial charge in [-0.05, 0) is 78.5 Å². The van der Waals surface area contributed by atoms with Crippen LogP contribution in [0.5, 0.6) is 5.75 Å². The lowest BCUT2D eigenvalue weighted by atomic mass is 9.76. The molecule has 1 saturated heterocycles. The summed E-state index contributed by atoms with van der Waals surface area (Å²) in [6.07, 6.45) is 0. The average molecular weight is 382 g/mol. The molecule has 26 heavy (non-hydrogen) atoms. The molecule has 1 heterocycles. The zero-order valence-electron chi connectivity index (χ0n) is 17.2. The summed E-state index contributed by atoms with van der Waals surface area (Å²) in [5.41, 5.74) is 1.17. The van der Waals surface area contributed by atoms with Crippen molar-refractivity contribution in [3.8, 4) is 5.75 Å². The summed E-state index contributed by atoms with van der Waals surface area (Å²) in [6, 6.07) is 5.65. The molecule has 2 rings (SSSR count). The Morgan fingerprint density at radius 3 is 2.08 bits per heavy atom. The van der Waals surface area contributed by atoms with E-state index in [4.69, 9.17) is 14.0 Å². The van der Waals surface area contributed by atoms with Crippen LogP contribution in [0.15, 0.2) is 18.2 Å². The molecule has 1 aromatic carbocycles. The largest absolute Gasteiger partial charge is 0.495 e. The highest BCUT2D eigenvalue weighted by Crippen LogP contribution is 2.36. The number of hydrogen-bond acceptors (Lipinski definition) is 5. The predicted octanol–water partition coefficient (Wildman–Crippen LogP) is 2.89. The molecule has 146 valence electrons. The van der Waals surface area contributed by atoms with Crippen molar-refractivity contribution in [2.45, 2.75) is 71.3 Å². The van der Waals surface area contributed by atoms with Crippen LogP contribution < -0.4 is 10.2 Å². The second kappa shape index (κ2) is 6.84. The Bertz CT molecular complexity index is 747. The minimum Gasteiger partial charge on any atom is -0.493 e. The van der Waals surface area contributed by atoms with Crippen LogP contribution in [0.1, 0.15) is 54.0 Å². The molecule has 0 spiro atoms. The Balaban J connectivity index is 2.05. The SMILES string of the molecule is Cc1cc(OCCS(=O)(=O)C(C)(C)C)ccc1B1OC(C)(C)C(C)(C)O1. The number of aryl methyl sites for hydroxylation is 1. The molecule has 7 heteroatoms. The minimum absolute atomic E-state index is 0.00543. The fourth-order valence-electron chi connectivity index (χ4n) is 2.55. The maximum Gasteiger partial charge on any atom is 0.495 e. The van der Waals surface area contributed by atoms with Gasteiger partial charge in [0.2, 0.25) is 0 Å². The zero-order valence-corrected chi connectivity index (χ0v) is 18.0. The zero-order chi connectivity index (χ0) is 20.0. The lowest BCUT2D eigenvalue weighted by Gasteiger charge is -2.32. The van der Waals surface area contributed by atoms with E-state index >= 15 is 0 Å². The molecule has 0 saturated carbocycles. The van der Waals surface area contributed by atoms with Crippen LogP contribution in [0, 0.1) is 6.92 Å². The summed E-state index contributed by atoms with van der Waals surface area (Å²) >= 11 is 0. The fraction of sp³-hybridized carbons (Fsp3) is 0.684. The summed E-state index contributed by atoms with van der Waals surface area (Å²) in [4.78, 5) is 0. The second-order valence-corrected chi connectivity index (χ2v) is 11.7. The van der Waals surface area contributed by atoms with E-state index in [-0.39, 0.29) is 23.6 Å². The van der Waals surface area contributed by atoms with Gasteiger partial charge in [0, 0.05) is 0 Å². The first-order valence-corrected chi connectivity index (χ1v) is 10.6. The molecule has 1 fully saturated rings. The third-order valence-corrected chi connectivity index (χ3v) is 7.87. The van der Waals surface area contributed by atoms with Crippen molar-refractivity contribution in [2.24, 2.45) is 0 Å². The average Bonchev–Trinajstić information content (AvgIpc) is 2.65. The first-order chi connectivity index (χ1) is 11.7. The van der Waals surface area contributed by atoms with Gasteiger partial charge in [0.15, 0.2) is 9.84 Å². The van der Waals surface area contributed by atoms with Crippen molar-refractivity contribution in [2.75, 3.05) is 12.4 Å². The molecule has 1 aliphatic heterocycles. The minimum atomic E-state index is -3.19. The van der Waals surface area contributed by atoms with Crippen LogP contribution >= 0.6 is 0 Å². The quantitative estimate of drug-likeness (QED) is 0.733. The van der Waals surface area contributed by atoms with E-state index in [0.717, 1.165) is 11.0 Å². The molecule has 0 radical (unpaired) electrons. The van der Waals surface area contributed by atoms with Gasteiger partial charge in [-0.2, -0.15) is 0 Å². The van der Waals surface area contributed by atoms with Crippen molar-refractivity contribution >= 4 is 22.4 Å². The molecule has 0 N–H and O–H groups in total. The number of ether oxygens (including phenoxy) is 1. The Kier molecular flexibility index (Phi) is 5.59. The number of hydrogen-bond donors (Lipinski definition) is 0. The lowest BCUT2D eigenvalue weighted by molar-refractivity contribution is 0.00578. The van der Waals surface area contributed by atoms with E-state index in [0.29, 0.717) is 5.75 Å². The molecule has 0 bridgehead atoms. The van der Waals surface area contributed by atoms with Crippen LogP contribution in [-0.4, -0.2) is 43.8 Å². The van der Waals surface area contributed by atoms with Crippen LogP contribution in [0.2, 0.25) is 0 Å². The third kappa shape index (κ3) is 4.26. The van der Waals surface area contributed by atoms with Crippen LogP contribution in [-0.2, 0) is 19.1 Å². The van der Waals surface area contributed by atoms with Gasteiger partial charge in [-0.15, -0.1) is 0 Å². The lowest BCUT2D eigenvalue weighted by Crippen LogP contribution is -2.41. The third-order valence-electron chi connectivity index (χ3n) is 5.30. The summed E-state index contributed by atoms with van der Waals surface area (Å²) in [5.74, 6) is 0.640. The van der Waals surface area contributed by atoms with Crippen molar-refractivity contribution in [3.05, 3.63) is 23.8 Å². The molecule has 0 aliphatic carbocycles. The van der Waals surface area contributed by atoms with Gasteiger partial charge in [0.25, 0.3) is 0 Å². The maximum atomic E-state index is 12.1. The number of rotatable bonds is 5. The van der Waals surface area contributed by atoms with E-state index in [1.165, 1.54) is 0 Å². The Labute approximate surface area is 158 Å². The molecule has 1 aliphatic rings. The topological polar surface area (TPSA) is 61.8 Å². The first-order valence-electron chi connectivity index (χ1n) is 8.98. The highest BCUT2D eigenvalue weighted by molar-refractivity contribution is 7.92. The van der Waals surface area contributed by atoms with Crippen molar-refractivity contribution in [3.63, 3.8) is 0 Å². The summed E-state index contributed by atoms with van der Waals surface area (Å²) in [5, 5.41) is 0. The molecular formula is C19H31BO5S. The van der Waals surface area contributed by atoms with Gasteiger partial charge in [0.05, 0.1) is 21.7 Å². The van der Waals surface area contributed by atoms with E-state index < -0.39 is 21.7 Å². The standard InChI is InChI=1S/C19H31BO5S/c1-14-13-15(23-11-12-26(21,22)17(2,3)4)9-10-16(14)20-24-18(5,6)19(7,8)25-20/h9-10,13H,11-12H2,1-8H3. The molecule has 1 aromatic rings. The van der Waals surface area contributed by atoms with Crippen molar-refractivity contribution in [1.29, 1.82) is 0 Å². The van der Waals surface area contributed by atoms with Crippen LogP contribution in [0.4, 0.5) is 0 Å². The number of benzene rings is 1. The van der Waals surface area contributed by atoms with Gasteiger partial charge in [0.1, 0.15) is 12.4 Å². The van der Waals surface area contributed by atoms with Crippen molar-refractivity contribution < 1.29 is 22.5 Å². The predicted molar refractivity (Wildman–Crippen MR) is 106 cm³/mol. The van der Waals surface area contributed by atoms with Gasteiger partial charge < -0.3 is 14.0 Å². The smallest absolute Gasteiger partial charge is 0.493 e. The highest BCUT2D eigenvalue weighted by atomic mass is 32.2. The fourth-order valence-corrected chi connectivity index (χ4v) is 3.46. The van der Waals surface area contributed by atoms with Crippen LogP contribution in [0.25, 0.3) is 0 Å². The van der Waals surface area contributed by atoms with Crippen LogP contribution in [0.3, 0.4) is 0 Å². The van der Waals surface area contributed by atoms with E-state index in [9.17, 15) is 8.42 Å². The number of sulfone groups is 1. The van der Waals surface area contributed by atoms with Gasteiger partial charge in [-0.3, -0.25) is 0 Å². The molecule has 0 amide bonds. The summed E-state index contributed by atoms with van der Waals surface area (Å²) < 4.78 is 41.4. The molecule has 0 atom stereocenters. The molecule has 5 nitrogen and oxygen atoms in total. The summed E-state index contributed by atoms with van der Waals surface area (Å²) in [6.45, 7) is 15.3. The van der Waals surface area contributed by atoms with Gasteiger partial charge in [-0.25, -0.2) is 8.42 Å². The second-order valence-electron chi connectivity index (χ2n) is 8.89. The van der Waals surface area contributed by atoms with E-state index in [1.54, 1.807) is 20.8 Å². The summed E-state index contributed by atoms with van der Waals surface area (Å²) in [7, 11) is -3.61. The molecular weight excluding hydrogens is 351 g/mol. The van der Waals surface area contributed by atoms with Gasteiger partial charge in [-0.1, -0.05) is 6.07 Å².